The maximum absolute atomic E-state index is 11.4. The number of unbranched alkanes of at least 4 members (excludes halogenated alkanes) is 24. The van der Waals surface area contributed by atoms with Gasteiger partial charge in [0.05, 0.1) is 0 Å². The predicted octanol–water partition coefficient (Wildman–Crippen LogP) is 11.8. The van der Waals surface area contributed by atoms with Crippen molar-refractivity contribution in [2.24, 2.45) is 5.92 Å². The van der Waals surface area contributed by atoms with Gasteiger partial charge in [0, 0.05) is 5.92 Å². The van der Waals surface area contributed by atoms with E-state index in [9.17, 15) is 4.79 Å². The molecule has 0 spiro atoms. The molecule has 0 saturated heterocycles. The second-order valence-corrected chi connectivity index (χ2v) is 11.0. The third-order valence-corrected chi connectivity index (χ3v) is 7.55. The standard InChI is InChI=1S/C32H64O/c1-3-5-7-9-11-13-15-16-17-18-20-22-24-26-28-30-32(31-33)29-27-25-23-21-19-14-12-10-8-6-4-2/h31-32H,3-30H2,1-2H3. The Hall–Kier alpha value is -0.330. The predicted molar refractivity (Wildman–Crippen MR) is 150 cm³/mol. The molecule has 33 heavy (non-hydrogen) atoms. The van der Waals surface area contributed by atoms with E-state index in [1.807, 2.05) is 0 Å². The molecule has 0 aromatic carbocycles. The van der Waals surface area contributed by atoms with Gasteiger partial charge in [-0.1, -0.05) is 181 Å². The number of carbonyl (C=O) groups is 1. The minimum absolute atomic E-state index is 0.338. The first-order valence-electron chi connectivity index (χ1n) is 15.8. The van der Waals surface area contributed by atoms with E-state index in [-0.39, 0.29) is 0 Å². The number of aldehydes is 1. The summed E-state index contributed by atoms with van der Waals surface area (Å²) in [7, 11) is 0. The SMILES string of the molecule is CCCCCCCCCCCCCCCCCC(C=O)CCCCCCCCCCCCC. The van der Waals surface area contributed by atoms with Crippen LogP contribution in [0.15, 0.2) is 0 Å². The fraction of sp³-hybridized carbons (Fsp3) is 0.969. The molecule has 1 nitrogen and oxygen atoms in total. The quantitative estimate of drug-likeness (QED) is 0.0794. The summed E-state index contributed by atoms with van der Waals surface area (Å²) in [5.41, 5.74) is 0. The number of hydrogen-bond donors (Lipinski definition) is 0. The number of carbonyl (C=O) groups excluding carboxylic acids is 1. The van der Waals surface area contributed by atoms with E-state index in [1.54, 1.807) is 0 Å². The minimum Gasteiger partial charge on any atom is -0.303 e. The maximum atomic E-state index is 11.4. The van der Waals surface area contributed by atoms with Gasteiger partial charge in [0.2, 0.25) is 0 Å². The highest BCUT2D eigenvalue weighted by atomic mass is 16.1. The van der Waals surface area contributed by atoms with Gasteiger partial charge in [-0.2, -0.15) is 0 Å². The molecule has 1 unspecified atom stereocenters. The Labute approximate surface area is 210 Å². The van der Waals surface area contributed by atoms with E-state index in [1.165, 1.54) is 173 Å². The van der Waals surface area contributed by atoms with Crippen molar-refractivity contribution in [3.8, 4) is 0 Å². The molecule has 0 aliphatic rings. The molecule has 0 aliphatic carbocycles. The first-order chi connectivity index (χ1) is 16.3. The van der Waals surface area contributed by atoms with Gasteiger partial charge in [-0.25, -0.2) is 0 Å². The Balaban J connectivity index is 3.26. The van der Waals surface area contributed by atoms with E-state index < -0.39 is 0 Å². The first kappa shape index (κ1) is 32.7. The van der Waals surface area contributed by atoms with Gasteiger partial charge >= 0.3 is 0 Å². The van der Waals surface area contributed by atoms with Gasteiger partial charge in [0.25, 0.3) is 0 Å². The van der Waals surface area contributed by atoms with Crippen molar-refractivity contribution in [2.75, 3.05) is 0 Å². The lowest BCUT2D eigenvalue weighted by atomic mass is 9.95. The molecule has 0 heterocycles. The van der Waals surface area contributed by atoms with Crippen LogP contribution in [0.25, 0.3) is 0 Å². The van der Waals surface area contributed by atoms with Gasteiger partial charge in [0.15, 0.2) is 0 Å². The van der Waals surface area contributed by atoms with Crippen LogP contribution in [0.1, 0.15) is 194 Å². The Bertz CT molecular complexity index is 350. The molecular formula is C32H64O. The Morgan fingerprint density at radius 2 is 0.576 bits per heavy atom. The fourth-order valence-electron chi connectivity index (χ4n) is 5.13. The zero-order valence-corrected chi connectivity index (χ0v) is 23.4. The van der Waals surface area contributed by atoms with E-state index in [0.29, 0.717) is 5.92 Å². The molecule has 0 fully saturated rings. The second-order valence-electron chi connectivity index (χ2n) is 11.0. The third-order valence-electron chi connectivity index (χ3n) is 7.55. The van der Waals surface area contributed by atoms with E-state index in [2.05, 4.69) is 13.8 Å². The molecule has 198 valence electrons. The van der Waals surface area contributed by atoms with Gasteiger partial charge < -0.3 is 4.79 Å². The summed E-state index contributed by atoms with van der Waals surface area (Å²) in [6.45, 7) is 4.58. The van der Waals surface area contributed by atoms with Crippen LogP contribution in [-0.4, -0.2) is 6.29 Å². The summed E-state index contributed by atoms with van der Waals surface area (Å²) in [6, 6.07) is 0. The number of rotatable bonds is 29. The van der Waals surface area contributed by atoms with Crippen LogP contribution >= 0.6 is 0 Å². The molecule has 1 atom stereocenters. The van der Waals surface area contributed by atoms with Crippen LogP contribution in [0.4, 0.5) is 0 Å². The third kappa shape index (κ3) is 27.8. The molecule has 0 aliphatic heterocycles. The molecule has 0 rings (SSSR count). The van der Waals surface area contributed by atoms with Gasteiger partial charge in [-0.3, -0.25) is 0 Å². The van der Waals surface area contributed by atoms with Crippen LogP contribution < -0.4 is 0 Å². The minimum atomic E-state index is 0.338. The summed E-state index contributed by atoms with van der Waals surface area (Å²) in [4.78, 5) is 11.4. The Morgan fingerprint density at radius 3 is 0.788 bits per heavy atom. The zero-order valence-electron chi connectivity index (χ0n) is 23.4. The molecule has 0 radical (unpaired) electrons. The van der Waals surface area contributed by atoms with Crippen LogP contribution in [0.5, 0.6) is 0 Å². The lowest BCUT2D eigenvalue weighted by Gasteiger charge is -2.10. The summed E-state index contributed by atoms with van der Waals surface area (Å²) < 4.78 is 0. The molecular weight excluding hydrogens is 400 g/mol. The van der Waals surface area contributed by atoms with Crippen LogP contribution in [0.2, 0.25) is 0 Å². The number of hydrogen-bond acceptors (Lipinski definition) is 1. The Kier molecular flexibility index (Phi) is 29.4. The molecule has 0 N–H and O–H groups in total. The fourth-order valence-corrected chi connectivity index (χ4v) is 5.13. The van der Waals surface area contributed by atoms with Crippen molar-refractivity contribution < 1.29 is 4.79 Å². The molecule has 0 aromatic heterocycles. The maximum Gasteiger partial charge on any atom is 0.123 e. The molecule has 1 heteroatoms. The zero-order chi connectivity index (χ0) is 24.1. The van der Waals surface area contributed by atoms with Crippen LogP contribution in [0, 0.1) is 5.92 Å². The largest absolute Gasteiger partial charge is 0.303 e. The molecule has 0 amide bonds. The van der Waals surface area contributed by atoms with Gasteiger partial charge in [-0.15, -0.1) is 0 Å². The van der Waals surface area contributed by atoms with Crippen molar-refractivity contribution in [3.63, 3.8) is 0 Å². The summed E-state index contributed by atoms with van der Waals surface area (Å²) >= 11 is 0. The van der Waals surface area contributed by atoms with E-state index >= 15 is 0 Å². The average molecular weight is 465 g/mol. The van der Waals surface area contributed by atoms with E-state index in [4.69, 9.17) is 0 Å². The van der Waals surface area contributed by atoms with Crippen LogP contribution in [-0.2, 0) is 4.79 Å². The summed E-state index contributed by atoms with van der Waals surface area (Å²) in [5, 5.41) is 0. The second kappa shape index (κ2) is 29.7. The van der Waals surface area contributed by atoms with Crippen molar-refractivity contribution in [1.29, 1.82) is 0 Å². The average Bonchev–Trinajstić information content (AvgIpc) is 2.83. The van der Waals surface area contributed by atoms with Crippen molar-refractivity contribution in [3.05, 3.63) is 0 Å². The molecule has 0 bridgehead atoms. The first-order valence-corrected chi connectivity index (χ1v) is 15.8. The van der Waals surface area contributed by atoms with Gasteiger partial charge in [-0.05, 0) is 12.8 Å². The smallest absolute Gasteiger partial charge is 0.123 e. The summed E-state index contributed by atoms with van der Waals surface area (Å²) in [5.74, 6) is 0.338. The van der Waals surface area contributed by atoms with Crippen LogP contribution in [0.3, 0.4) is 0 Å². The molecule has 0 saturated carbocycles. The highest BCUT2D eigenvalue weighted by molar-refractivity contribution is 5.53. The van der Waals surface area contributed by atoms with E-state index in [0.717, 1.165) is 12.8 Å². The van der Waals surface area contributed by atoms with Crippen molar-refractivity contribution >= 4 is 6.29 Å². The normalized spacial score (nSPS) is 12.3. The summed E-state index contributed by atoms with van der Waals surface area (Å²) in [6.07, 6.45) is 40.0. The highest BCUT2D eigenvalue weighted by Gasteiger charge is 2.06. The topological polar surface area (TPSA) is 17.1 Å². The van der Waals surface area contributed by atoms with Crippen molar-refractivity contribution in [1.82, 2.24) is 0 Å². The highest BCUT2D eigenvalue weighted by Crippen LogP contribution is 2.19. The monoisotopic (exact) mass is 464 g/mol. The lowest BCUT2D eigenvalue weighted by Crippen LogP contribution is -2.02. The molecule has 0 aromatic rings. The lowest BCUT2D eigenvalue weighted by molar-refractivity contribution is -0.111. The Morgan fingerprint density at radius 1 is 0.364 bits per heavy atom. The van der Waals surface area contributed by atoms with Crippen molar-refractivity contribution in [2.45, 2.75) is 194 Å². The van der Waals surface area contributed by atoms with Gasteiger partial charge in [0.1, 0.15) is 6.29 Å².